The van der Waals surface area contributed by atoms with E-state index < -0.39 is 11.4 Å². The monoisotopic (exact) mass is 302 g/mol. The van der Waals surface area contributed by atoms with Gasteiger partial charge in [0, 0.05) is 18.7 Å². The van der Waals surface area contributed by atoms with E-state index in [9.17, 15) is 9.59 Å². The highest BCUT2D eigenvalue weighted by atomic mass is 35.5. The summed E-state index contributed by atoms with van der Waals surface area (Å²) in [5.41, 5.74) is -0.573. The van der Waals surface area contributed by atoms with Gasteiger partial charge in [-0.2, -0.15) is 0 Å². The molecule has 0 radical (unpaired) electrons. The van der Waals surface area contributed by atoms with Gasteiger partial charge in [-0.1, -0.05) is 23.2 Å². The van der Waals surface area contributed by atoms with Crippen LogP contribution in [-0.2, 0) is 4.79 Å². The minimum atomic E-state index is -0.895. The van der Waals surface area contributed by atoms with Crippen molar-refractivity contribution in [2.75, 3.05) is 13.1 Å². The lowest BCUT2D eigenvalue weighted by atomic mass is 9.90. The number of carboxylic acids is 1. The summed E-state index contributed by atoms with van der Waals surface area (Å²) >= 11 is 11.5. The van der Waals surface area contributed by atoms with Crippen molar-refractivity contribution in [1.29, 1.82) is 0 Å². The average molecular weight is 303 g/mol. The normalized spacial score (nSPS) is 22.6. The maximum atomic E-state index is 12.2. The number of halogens is 2. The molecular weight excluding hydrogens is 291 g/mol. The van der Waals surface area contributed by atoms with Crippen LogP contribution in [-0.4, -0.2) is 40.0 Å². The highest BCUT2D eigenvalue weighted by molar-refractivity contribution is 6.33. The number of nitrogens with zero attached hydrogens (tertiary/aromatic N) is 2. The Labute approximate surface area is 120 Å². The molecule has 102 valence electrons. The van der Waals surface area contributed by atoms with E-state index in [-0.39, 0.29) is 22.8 Å². The first-order valence-electron chi connectivity index (χ1n) is 5.67. The second-order valence-electron chi connectivity index (χ2n) is 4.84. The number of aromatic nitrogens is 1. The molecule has 1 amide bonds. The van der Waals surface area contributed by atoms with Gasteiger partial charge in [-0.15, -0.1) is 0 Å². The summed E-state index contributed by atoms with van der Waals surface area (Å²) in [6.45, 7) is 2.22. The molecule has 1 unspecified atom stereocenters. The van der Waals surface area contributed by atoms with Gasteiger partial charge in [0.25, 0.3) is 5.91 Å². The van der Waals surface area contributed by atoms with E-state index >= 15 is 0 Å². The van der Waals surface area contributed by atoms with Gasteiger partial charge in [-0.25, -0.2) is 4.98 Å². The van der Waals surface area contributed by atoms with Crippen molar-refractivity contribution >= 4 is 35.1 Å². The molecule has 2 rings (SSSR count). The Bertz CT molecular complexity index is 530. The third kappa shape index (κ3) is 2.82. The highest BCUT2D eigenvalue weighted by Crippen LogP contribution is 2.31. The van der Waals surface area contributed by atoms with Crippen LogP contribution >= 0.6 is 23.2 Å². The highest BCUT2D eigenvalue weighted by Gasteiger charge is 2.42. The van der Waals surface area contributed by atoms with E-state index in [0.717, 1.165) is 0 Å². The first kappa shape index (κ1) is 14.1. The Morgan fingerprint density at radius 1 is 1.37 bits per heavy atom. The van der Waals surface area contributed by atoms with Crippen LogP contribution in [0, 0.1) is 5.41 Å². The number of likely N-dealkylation sites (tertiary alicyclic amines) is 1. The van der Waals surface area contributed by atoms with Gasteiger partial charge in [0.15, 0.2) is 0 Å². The van der Waals surface area contributed by atoms with Gasteiger partial charge in [-0.05, 0) is 25.5 Å². The lowest BCUT2D eigenvalue weighted by Crippen LogP contribution is -2.34. The number of carboxylic acid groups (broad SMARTS) is 1. The number of pyridine rings is 1. The molecule has 1 N–H and O–H groups in total. The van der Waals surface area contributed by atoms with E-state index in [2.05, 4.69) is 4.98 Å². The van der Waals surface area contributed by atoms with E-state index in [1.807, 2.05) is 0 Å². The van der Waals surface area contributed by atoms with Crippen LogP contribution in [0.25, 0.3) is 0 Å². The summed E-state index contributed by atoms with van der Waals surface area (Å²) < 4.78 is 0. The van der Waals surface area contributed by atoms with Crippen molar-refractivity contribution in [3.8, 4) is 0 Å². The Kier molecular flexibility index (Phi) is 3.69. The molecule has 1 fully saturated rings. The van der Waals surface area contributed by atoms with Crippen molar-refractivity contribution in [2.24, 2.45) is 5.41 Å². The third-order valence-electron chi connectivity index (χ3n) is 3.29. The average Bonchev–Trinajstić information content (AvgIpc) is 2.71. The van der Waals surface area contributed by atoms with Gasteiger partial charge in [0.1, 0.15) is 10.3 Å². The summed E-state index contributed by atoms with van der Waals surface area (Å²) in [5.74, 6) is -1.18. The predicted molar refractivity (Wildman–Crippen MR) is 70.5 cm³/mol. The quantitative estimate of drug-likeness (QED) is 0.851. The van der Waals surface area contributed by atoms with E-state index in [1.165, 1.54) is 17.0 Å². The first-order chi connectivity index (χ1) is 8.82. The summed E-state index contributed by atoms with van der Waals surface area (Å²) in [6, 6.07) is 2.85. The number of hydrogen-bond donors (Lipinski definition) is 1. The van der Waals surface area contributed by atoms with Gasteiger partial charge in [0.05, 0.1) is 5.41 Å². The standard InChI is InChI=1S/C12H12Cl2N2O3/c1-12(11(18)19)2-3-16(6-12)10(17)7-4-8(13)15-9(14)5-7/h4-5H,2-3,6H2,1H3,(H,18,19). The van der Waals surface area contributed by atoms with Gasteiger partial charge in [0.2, 0.25) is 0 Å². The summed E-state index contributed by atoms with van der Waals surface area (Å²) in [6.07, 6.45) is 0.431. The molecule has 1 atom stereocenters. The largest absolute Gasteiger partial charge is 0.481 e. The number of carbonyl (C=O) groups excluding carboxylic acids is 1. The van der Waals surface area contributed by atoms with Crippen molar-refractivity contribution in [3.63, 3.8) is 0 Å². The fourth-order valence-corrected chi connectivity index (χ4v) is 2.54. The van der Waals surface area contributed by atoms with Crippen LogP contribution < -0.4 is 0 Å². The Hall–Kier alpha value is -1.33. The molecule has 2 heterocycles. The number of aliphatic carboxylic acids is 1. The molecule has 0 spiro atoms. The molecule has 1 saturated heterocycles. The van der Waals surface area contributed by atoms with E-state index in [4.69, 9.17) is 28.3 Å². The molecule has 0 aromatic carbocycles. The molecule has 7 heteroatoms. The fourth-order valence-electron chi connectivity index (χ4n) is 2.08. The minimum absolute atomic E-state index is 0.135. The Morgan fingerprint density at radius 3 is 2.42 bits per heavy atom. The second-order valence-corrected chi connectivity index (χ2v) is 5.62. The molecule has 1 aliphatic heterocycles. The van der Waals surface area contributed by atoms with Crippen LogP contribution in [0.2, 0.25) is 10.3 Å². The molecule has 1 aliphatic rings. The fraction of sp³-hybridized carbons (Fsp3) is 0.417. The number of hydrogen-bond acceptors (Lipinski definition) is 3. The summed E-state index contributed by atoms with van der Waals surface area (Å²) in [4.78, 5) is 28.7. The lowest BCUT2D eigenvalue weighted by molar-refractivity contribution is -0.147. The number of carbonyl (C=O) groups is 2. The zero-order chi connectivity index (χ0) is 14.2. The lowest BCUT2D eigenvalue weighted by Gasteiger charge is -2.20. The summed E-state index contributed by atoms with van der Waals surface area (Å²) in [7, 11) is 0. The SMILES string of the molecule is CC1(C(=O)O)CCN(C(=O)c2cc(Cl)nc(Cl)c2)C1. The zero-order valence-electron chi connectivity index (χ0n) is 10.2. The molecule has 19 heavy (non-hydrogen) atoms. The smallest absolute Gasteiger partial charge is 0.311 e. The van der Waals surface area contributed by atoms with Crippen molar-refractivity contribution in [1.82, 2.24) is 9.88 Å². The zero-order valence-corrected chi connectivity index (χ0v) is 11.7. The number of amides is 1. The summed E-state index contributed by atoms with van der Waals surface area (Å²) in [5, 5.41) is 9.41. The molecular formula is C12H12Cl2N2O3. The van der Waals surface area contributed by atoms with E-state index in [1.54, 1.807) is 6.92 Å². The topological polar surface area (TPSA) is 70.5 Å². The minimum Gasteiger partial charge on any atom is -0.481 e. The Morgan fingerprint density at radius 2 is 1.95 bits per heavy atom. The molecule has 0 saturated carbocycles. The maximum Gasteiger partial charge on any atom is 0.311 e. The van der Waals surface area contributed by atoms with Crippen LogP contribution in [0.3, 0.4) is 0 Å². The Balaban J connectivity index is 2.20. The van der Waals surface area contributed by atoms with Crippen molar-refractivity contribution in [2.45, 2.75) is 13.3 Å². The van der Waals surface area contributed by atoms with Crippen molar-refractivity contribution in [3.05, 3.63) is 28.0 Å². The predicted octanol–water partition coefficient (Wildman–Crippen LogP) is 2.33. The van der Waals surface area contributed by atoms with Crippen molar-refractivity contribution < 1.29 is 14.7 Å². The third-order valence-corrected chi connectivity index (χ3v) is 3.67. The first-order valence-corrected chi connectivity index (χ1v) is 6.43. The second kappa shape index (κ2) is 4.98. The molecule has 0 bridgehead atoms. The molecule has 1 aromatic rings. The molecule has 0 aliphatic carbocycles. The maximum absolute atomic E-state index is 12.2. The molecule has 5 nitrogen and oxygen atoms in total. The van der Waals surface area contributed by atoms with Crippen LogP contribution in [0.5, 0.6) is 0 Å². The number of rotatable bonds is 2. The van der Waals surface area contributed by atoms with Gasteiger partial charge >= 0.3 is 5.97 Å². The van der Waals surface area contributed by atoms with Gasteiger partial charge in [-0.3, -0.25) is 9.59 Å². The van der Waals surface area contributed by atoms with Crippen LogP contribution in [0.4, 0.5) is 0 Å². The molecule has 1 aromatic heterocycles. The van der Waals surface area contributed by atoms with Crippen LogP contribution in [0.15, 0.2) is 12.1 Å². The van der Waals surface area contributed by atoms with Crippen LogP contribution in [0.1, 0.15) is 23.7 Å². The van der Waals surface area contributed by atoms with E-state index in [0.29, 0.717) is 18.5 Å². The van der Waals surface area contributed by atoms with Gasteiger partial charge < -0.3 is 10.0 Å².